The fraction of sp³-hybridized carbons (Fsp3) is 0.250. The van der Waals surface area contributed by atoms with E-state index in [0.29, 0.717) is 28.1 Å². The molecule has 0 bridgehead atoms. The van der Waals surface area contributed by atoms with Gasteiger partial charge in [0.05, 0.1) is 7.11 Å². The monoisotopic (exact) mass is 353 g/mol. The van der Waals surface area contributed by atoms with Crippen LogP contribution in [0.1, 0.15) is 11.1 Å². The first-order chi connectivity index (χ1) is 10.2. The summed E-state index contributed by atoms with van der Waals surface area (Å²) < 4.78 is 25.7. The third kappa shape index (κ3) is 3.95. The molecule has 112 valence electrons. The van der Waals surface area contributed by atoms with Crippen molar-refractivity contribution in [3.8, 4) is 11.5 Å². The highest BCUT2D eigenvalue weighted by molar-refractivity contribution is 9.10. The summed E-state index contributed by atoms with van der Waals surface area (Å²) >= 11 is 3.24. The van der Waals surface area contributed by atoms with Crippen LogP contribution < -0.4 is 14.8 Å². The fourth-order valence-electron chi connectivity index (χ4n) is 2.00. The van der Waals surface area contributed by atoms with E-state index in [1.807, 2.05) is 25.2 Å². The lowest BCUT2D eigenvalue weighted by atomic mass is 10.1. The SMILES string of the molecule is CNCc1cccc(OC)c1OCc1ccc(Br)cc1F. The molecule has 0 aliphatic rings. The minimum Gasteiger partial charge on any atom is -0.493 e. The normalized spacial score (nSPS) is 10.5. The highest BCUT2D eigenvalue weighted by Crippen LogP contribution is 2.32. The minimum atomic E-state index is -0.297. The quantitative estimate of drug-likeness (QED) is 0.854. The Balaban J connectivity index is 2.22. The summed E-state index contributed by atoms with van der Waals surface area (Å²) in [6.45, 7) is 0.797. The maximum absolute atomic E-state index is 13.8. The summed E-state index contributed by atoms with van der Waals surface area (Å²) in [5.74, 6) is 0.978. The van der Waals surface area contributed by atoms with E-state index < -0.39 is 0 Å². The van der Waals surface area contributed by atoms with E-state index >= 15 is 0 Å². The second-order valence-corrected chi connectivity index (χ2v) is 5.42. The van der Waals surface area contributed by atoms with Gasteiger partial charge in [-0.05, 0) is 25.2 Å². The van der Waals surface area contributed by atoms with Crippen molar-refractivity contribution in [2.75, 3.05) is 14.2 Å². The lowest BCUT2D eigenvalue weighted by Gasteiger charge is -2.15. The number of ether oxygens (including phenoxy) is 2. The molecule has 0 spiro atoms. The first-order valence-electron chi connectivity index (χ1n) is 6.53. The Morgan fingerprint density at radius 1 is 1.19 bits per heavy atom. The van der Waals surface area contributed by atoms with Crippen molar-refractivity contribution in [2.45, 2.75) is 13.2 Å². The van der Waals surface area contributed by atoms with Crippen molar-refractivity contribution >= 4 is 15.9 Å². The maximum Gasteiger partial charge on any atom is 0.166 e. The van der Waals surface area contributed by atoms with Gasteiger partial charge in [0.25, 0.3) is 0 Å². The molecule has 0 aliphatic carbocycles. The largest absolute Gasteiger partial charge is 0.493 e. The van der Waals surface area contributed by atoms with Crippen molar-refractivity contribution in [1.29, 1.82) is 0 Å². The Hall–Kier alpha value is -1.59. The average molecular weight is 354 g/mol. The first kappa shape index (κ1) is 15.8. The Morgan fingerprint density at radius 3 is 2.67 bits per heavy atom. The molecule has 2 aromatic carbocycles. The molecule has 0 atom stereocenters. The summed E-state index contributed by atoms with van der Waals surface area (Å²) in [4.78, 5) is 0. The zero-order chi connectivity index (χ0) is 15.2. The van der Waals surface area contributed by atoms with E-state index in [4.69, 9.17) is 9.47 Å². The van der Waals surface area contributed by atoms with E-state index in [1.165, 1.54) is 6.07 Å². The van der Waals surface area contributed by atoms with Gasteiger partial charge < -0.3 is 14.8 Å². The van der Waals surface area contributed by atoms with Crippen LogP contribution in [-0.2, 0) is 13.2 Å². The molecule has 21 heavy (non-hydrogen) atoms. The van der Waals surface area contributed by atoms with Gasteiger partial charge in [-0.15, -0.1) is 0 Å². The molecule has 1 N–H and O–H groups in total. The number of hydrogen-bond acceptors (Lipinski definition) is 3. The molecule has 2 rings (SSSR count). The predicted molar refractivity (Wildman–Crippen MR) is 84.2 cm³/mol. The van der Waals surface area contributed by atoms with Crippen LogP contribution in [0.25, 0.3) is 0 Å². The number of halogens is 2. The average Bonchev–Trinajstić information content (AvgIpc) is 2.47. The van der Waals surface area contributed by atoms with Gasteiger partial charge in [0.15, 0.2) is 11.5 Å². The molecule has 0 saturated carbocycles. The zero-order valence-corrected chi connectivity index (χ0v) is 13.5. The molecule has 3 nitrogen and oxygen atoms in total. The van der Waals surface area contributed by atoms with Crippen molar-refractivity contribution < 1.29 is 13.9 Å². The number of methoxy groups -OCH3 is 1. The highest BCUT2D eigenvalue weighted by atomic mass is 79.9. The van der Waals surface area contributed by atoms with Crippen LogP contribution in [-0.4, -0.2) is 14.2 Å². The summed E-state index contributed by atoms with van der Waals surface area (Å²) in [6.07, 6.45) is 0. The molecule has 0 amide bonds. The van der Waals surface area contributed by atoms with Crippen molar-refractivity contribution in [2.24, 2.45) is 0 Å². The van der Waals surface area contributed by atoms with Crippen molar-refractivity contribution in [1.82, 2.24) is 5.32 Å². The van der Waals surface area contributed by atoms with Crippen LogP contribution in [0.5, 0.6) is 11.5 Å². The maximum atomic E-state index is 13.8. The number of benzene rings is 2. The number of para-hydroxylation sites is 1. The Bertz CT molecular complexity index is 619. The van der Waals surface area contributed by atoms with Gasteiger partial charge in [-0.1, -0.05) is 34.1 Å². The highest BCUT2D eigenvalue weighted by Gasteiger charge is 2.11. The van der Waals surface area contributed by atoms with E-state index in [9.17, 15) is 4.39 Å². The number of rotatable bonds is 6. The molecule has 0 heterocycles. The van der Waals surface area contributed by atoms with Gasteiger partial charge in [-0.3, -0.25) is 0 Å². The Labute approximate surface area is 132 Å². The topological polar surface area (TPSA) is 30.5 Å². The van der Waals surface area contributed by atoms with E-state index in [0.717, 1.165) is 5.56 Å². The fourth-order valence-corrected chi connectivity index (χ4v) is 2.34. The Kier molecular flexibility index (Phi) is 5.59. The van der Waals surface area contributed by atoms with E-state index in [-0.39, 0.29) is 12.4 Å². The van der Waals surface area contributed by atoms with Crippen molar-refractivity contribution in [3.05, 3.63) is 57.8 Å². The minimum absolute atomic E-state index is 0.149. The molecular weight excluding hydrogens is 337 g/mol. The molecule has 0 fully saturated rings. The summed E-state index contributed by atoms with van der Waals surface area (Å²) in [7, 11) is 3.45. The van der Waals surface area contributed by atoms with E-state index in [1.54, 1.807) is 19.2 Å². The van der Waals surface area contributed by atoms with Gasteiger partial charge in [0.1, 0.15) is 12.4 Å². The molecule has 0 saturated heterocycles. The van der Waals surface area contributed by atoms with Crippen molar-refractivity contribution in [3.63, 3.8) is 0 Å². The zero-order valence-electron chi connectivity index (χ0n) is 12.0. The summed E-state index contributed by atoms with van der Waals surface area (Å²) in [5, 5.41) is 3.08. The number of hydrogen-bond donors (Lipinski definition) is 1. The van der Waals surface area contributed by atoms with Gasteiger partial charge >= 0.3 is 0 Å². The summed E-state index contributed by atoms with van der Waals surface area (Å²) in [6, 6.07) is 10.6. The first-order valence-corrected chi connectivity index (χ1v) is 7.32. The van der Waals surface area contributed by atoms with Crippen LogP contribution in [0.4, 0.5) is 4.39 Å². The van der Waals surface area contributed by atoms with Gasteiger partial charge in [-0.25, -0.2) is 4.39 Å². The van der Waals surface area contributed by atoms with Gasteiger partial charge in [0.2, 0.25) is 0 Å². The van der Waals surface area contributed by atoms with Crippen LogP contribution >= 0.6 is 15.9 Å². The predicted octanol–water partition coefficient (Wildman–Crippen LogP) is 3.90. The lowest BCUT2D eigenvalue weighted by molar-refractivity contribution is 0.276. The third-order valence-electron chi connectivity index (χ3n) is 3.03. The smallest absolute Gasteiger partial charge is 0.166 e. The molecule has 0 unspecified atom stereocenters. The van der Waals surface area contributed by atoms with Gasteiger partial charge in [0, 0.05) is 22.1 Å². The van der Waals surface area contributed by atoms with Crippen LogP contribution in [0.3, 0.4) is 0 Å². The summed E-state index contributed by atoms with van der Waals surface area (Å²) in [5.41, 5.74) is 1.47. The molecular formula is C16H17BrFNO2. The van der Waals surface area contributed by atoms with Crippen LogP contribution in [0.15, 0.2) is 40.9 Å². The third-order valence-corrected chi connectivity index (χ3v) is 3.53. The molecule has 0 aromatic heterocycles. The lowest BCUT2D eigenvalue weighted by Crippen LogP contribution is -2.09. The molecule has 5 heteroatoms. The van der Waals surface area contributed by atoms with Crippen LogP contribution in [0.2, 0.25) is 0 Å². The Morgan fingerprint density at radius 2 is 2.00 bits per heavy atom. The standard InChI is InChI=1S/C16H17BrFNO2/c1-19-9-11-4-3-5-15(20-2)16(11)21-10-12-6-7-13(17)8-14(12)18/h3-8,19H,9-10H2,1-2H3. The number of nitrogens with one attached hydrogen (secondary N) is 1. The molecule has 0 aliphatic heterocycles. The molecule has 2 aromatic rings. The van der Waals surface area contributed by atoms with E-state index in [2.05, 4.69) is 21.2 Å². The second-order valence-electron chi connectivity index (χ2n) is 4.50. The second kappa shape index (κ2) is 7.43. The molecule has 0 radical (unpaired) electrons. The van der Waals surface area contributed by atoms with Gasteiger partial charge in [-0.2, -0.15) is 0 Å². The van der Waals surface area contributed by atoms with Crippen LogP contribution in [0, 0.1) is 5.82 Å².